The van der Waals surface area contributed by atoms with Crippen molar-refractivity contribution < 1.29 is 4.79 Å². The Morgan fingerprint density at radius 3 is 2.52 bits per heavy atom. The molecule has 1 amide bonds. The van der Waals surface area contributed by atoms with E-state index in [0.717, 1.165) is 35.5 Å². The highest BCUT2D eigenvalue weighted by Gasteiger charge is 2.10. The molecule has 144 valence electrons. The molecule has 2 aromatic rings. The summed E-state index contributed by atoms with van der Waals surface area (Å²) in [5.41, 5.74) is 3.05. The van der Waals surface area contributed by atoms with Gasteiger partial charge < -0.3 is 15.1 Å². The minimum Gasteiger partial charge on any atom is -0.356 e. The molecule has 0 aromatic heterocycles. The normalized spacial score (nSPS) is 11.2. The summed E-state index contributed by atoms with van der Waals surface area (Å²) >= 11 is 3.59. The molecule has 2 rings (SSSR count). The molecule has 6 heteroatoms. The van der Waals surface area contributed by atoms with Crippen LogP contribution in [-0.2, 0) is 13.0 Å². The third-order valence-electron chi connectivity index (χ3n) is 4.22. The maximum absolute atomic E-state index is 12.1. The maximum atomic E-state index is 12.1. The van der Waals surface area contributed by atoms with Crippen LogP contribution in [0.4, 0.5) is 0 Å². The number of carbonyl (C=O) groups is 1. The lowest BCUT2D eigenvalue weighted by Gasteiger charge is -2.22. The average molecular weight is 431 g/mol. The first-order valence-electron chi connectivity index (χ1n) is 8.88. The van der Waals surface area contributed by atoms with Crippen molar-refractivity contribution in [3.05, 3.63) is 69.7 Å². The van der Waals surface area contributed by atoms with E-state index < -0.39 is 0 Å². The first-order valence-corrected chi connectivity index (χ1v) is 9.67. The van der Waals surface area contributed by atoms with Crippen molar-refractivity contribution in [2.24, 2.45) is 4.99 Å². The fraction of sp³-hybridized carbons (Fsp3) is 0.333. The van der Waals surface area contributed by atoms with E-state index in [1.54, 1.807) is 26.0 Å². The molecule has 0 aliphatic heterocycles. The van der Waals surface area contributed by atoms with Crippen LogP contribution in [0.25, 0.3) is 0 Å². The number of carbonyl (C=O) groups excluding carboxylic acids is 1. The highest BCUT2D eigenvalue weighted by molar-refractivity contribution is 9.10. The monoisotopic (exact) mass is 430 g/mol. The number of amides is 1. The highest BCUT2D eigenvalue weighted by atomic mass is 79.9. The van der Waals surface area contributed by atoms with Gasteiger partial charge in [0.25, 0.3) is 5.91 Å². The van der Waals surface area contributed by atoms with Gasteiger partial charge in [-0.25, -0.2) is 0 Å². The number of hydrogen-bond donors (Lipinski definition) is 1. The lowest BCUT2D eigenvalue weighted by atomic mass is 10.1. The summed E-state index contributed by atoms with van der Waals surface area (Å²) in [6.07, 6.45) is 0.816. The van der Waals surface area contributed by atoms with Crippen molar-refractivity contribution in [1.29, 1.82) is 0 Å². The van der Waals surface area contributed by atoms with Crippen LogP contribution in [0.5, 0.6) is 0 Å². The Hall–Kier alpha value is -2.34. The number of aliphatic imine (C=N–C) groups is 1. The lowest BCUT2D eigenvalue weighted by Crippen LogP contribution is -2.39. The summed E-state index contributed by atoms with van der Waals surface area (Å²) in [7, 11) is 7.34. The zero-order valence-electron chi connectivity index (χ0n) is 16.4. The molecule has 0 radical (unpaired) electrons. The minimum absolute atomic E-state index is 0.0220. The number of hydrogen-bond acceptors (Lipinski definition) is 2. The summed E-state index contributed by atoms with van der Waals surface area (Å²) in [5.74, 6) is 0.861. The molecule has 0 aliphatic rings. The van der Waals surface area contributed by atoms with Crippen molar-refractivity contribution in [2.75, 3.05) is 34.7 Å². The van der Waals surface area contributed by atoms with Crippen LogP contribution < -0.4 is 5.32 Å². The average Bonchev–Trinajstić information content (AvgIpc) is 2.66. The molecule has 0 aliphatic carbocycles. The molecule has 2 aromatic carbocycles. The topological polar surface area (TPSA) is 47.9 Å². The van der Waals surface area contributed by atoms with E-state index in [9.17, 15) is 4.79 Å². The molecular weight excluding hydrogens is 404 g/mol. The first-order chi connectivity index (χ1) is 12.9. The molecule has 0 fully saturated rings. The Kier molecular flexibility index (Phi) is 7.85. The number of rotatable bonds is 6. The molecule has 0 unspecified atom stereocenters. The van der Waals surface area contributed by atoms with Crippen LogP contribution in [0, 0.1) is 0 Å². The molecule has 0 spiro atoms. The summed E-state index contributed by atoms with van der Waals surface area (Å²) in [5, 5.41) is 3.39. The van der Waals surface area contributed by atoms with Gasteiger partial charge in [0, 0.05) is 51.3 Å². The zero-order chi connectivity index (χ0) is 19.8. The Balaban J connectivity index is 1.92. The summed E-state index contributed by atoms with van der Waals surface area (Å²) < 4.78 is 1.09. The van der Waals surface area contributed by atoms with Crippen molar-refractivity contribution in [2.45, 2.75) is 13.0 Å². The number of benzene rings is 2. The SMILES string of the molecule is CN=C(NCCc1cccc(C(=O)N(C)C)c1)N(C)Cc1ccccc1Br. The highest BCUT2D eigenvalue weighted by Crippen LogP contribution is 2.17. The van der Waals surface area contributed by atoms with Crippen molar-refractivity contribution in [3.63, 3.8) is 0 Å². The number of guanidine groups is 1. The maximum Gasteiger partial charge on any atom is 0.253 e. The number of halogens is 1. The van der Waals surface area contributed by atoms with Gasteiger partial charge in [0.05, 0.1) is 0 Å². The van der Waals surface area contributed by atoms with Gasteiger partial charge in [-0.05, 0) is 35.7 Å². The third kappa shape index (κ3) is 6.10. The summed E-state index contributed by atoms with van der Waals surface area (Å²) in [4.78, 5) is 20.1. The molecule has 0 bridgehead atoms. The summed E-state index contributed by atoms with van der Waals surface area (Å²) in [6.45, 7) is 1.50. The molecule has 1 N–H and O–H groups in total. The van der Waals surface area contributed by atoms with Crippen LogP contribution in [-0.4, -0.2) is 56.4 Å². The van der Waals surface area contributed by atoms with Gasteiger partial charge in [0.1, 0.15) is 0 Å². The molecule has 0 heterocycles. The second-order valence-electron chi connectivity index (χ2n) is 6.57. The Labute approximate surface area is 170 Å². The quantitative estimate of drug-likeness (QED) is 0.564. The molecule has 5 nitrogen and oxygen atoms in total. The van der Waals surface area contributed by atoms with E-state index in [1.165, 1.54) is 5.56 Å². The van der Waals surface area contributed by atoms with E-state index in [4.69, 9.17) is 0 Å². The van der Waals surface area contributed by atoms with E-state index in [-0.39, 0.29) is 5.91 Å². The smallest absolute Gasteiger partial charge is 0.253 e. The minimum atomic E-state index is 0.0220. The Morgan fingerprint density at radius 1 is 1.11 bits per heavy atom. The zero-order valence-corrected chi connectivity index (χ0v) is 18.0. The van der Waals surface area contributed by atoms with E-state index >= 15 is 0 Å². The number of nitrogens with zero attached hydrogens (tertiary/aromatic N) is 3. The molecular formula is C21H27BrN4O. The predicted molar refractivity (Wildman–Crippen MR) is 115 cm³/mol. The van der Waals surface area contributed by atoms with E-state index in [0.29, 0.717) is 5.56 Å². The fourth-order valence-corrected chi connectivity index (χ4v) is 3.19. The molecule has 0 saturated heterocycles. The van der Waals surface area contributed by atoms with E-state index in [1.807, 2.05) is 49.5 Å². The van der Waals surface area contributed by atoms with Crippen LogP contribution in [0.3, 0.4) is 0 Å². The van der Waals surface area contributed by atoms with Gasteiger partial charge in [0.15, 0.2) is 5.96 Å². The van der Waals surface area contributed by atoms with Crippen LogP contribution in [0.1, 0.15) is 21.5 Å². The molecule has 27 heavy (non-hydrogen) atoms. The van der Waals surface area contributed by atoms with Gasteiger partial charge >= 0.3 is 0 Å². The van der Waals surface area contributed by atoms with Gasteiger partial charge in [-0.2, -0.15) is 0 Å². The van der Waals surface area contributed by atoms with Crippen molar-refractivity contribution in [3.8, 4) is 0 Å². The first kappa shape index (κ1) is 21.0. The van der Waals surface area contributed by atoms with Gasteiger partial charge in [0.2, 0.25) is 0 Å². The van der Waals surface area contributed by atoms with Gasteiger partial charge in [-0.15, -0.1) is 0 Å². The van der Waals surface area contributed by atoms with Crippen LogP contribution >= 0.6 is 15.9 Å². The van der Waals surface area contributed by atoms with E-state index in [2.05, 4.69) is 37.2 Å². The second-order valence-corrected chi connectivity index (χ2v) is 7.43. The molecule has 0 atom stereocenters. The van der Waals surface area contributed by atoms with Gasteiger partial charge in [-0.3, -0.25) is 9.79 Å². The van der Waals surface area contributed by atoms with Gasteiger partial charge in [-0.1, -0.05) is 46.3 Å². The van der Waals surface area contributed by atoms with Crippen LogP contribution in [0.2, 0.25) is 0 Å². The van der Waals surface area contributed by atoms with Crippen molar-refractivity contribution in [1.82, 2.24) is 15.1 Å². The largest absolute Gasteiger partial charge is 0.356 e. The Morgan fingerprint density at radius 2 is 1.85 bits per heavy atom. The standard InChI is InChI=1S/C21H27BrN4O/c1-23-21(26(4)15-18-9-5-6-11-19(18)22)24-13-12-16-8-7-10-17(14-16)20(27)25(2)3/h5-11,14H,12-13,15H2,1-4H3,(H,23,24). The third-order valence-corrected chi connectivity index (χ3v) is 4.99. The van der Waals surface area contributed by atoms with Crippen molar-refractivity contribution >= 4 is 27.8 Å². The molecule has 0 saturated carbocycles. The second kappa shape index (κ2) is 10.1. The number of nitrogens with one attached hydrogen (secondary N) is 1. The predicted octanol–water partition coefficient (Wildman–Crippen LogP) is 3.40. The Bertz CT molecular complexity index is 804. The lowest BCUT2D eigenvalue weighted by molar-refractivity contribution is 0.0827. The van der Waals surface area contributed by atoms with Crippen LogP contribution in [0.15, 0.2) is 58.0 Å². The summed E-state index contributed by atoms with van der Waals surface area (Å²) in [6, 6.07) is 16.0. The fourth-order valence-electron chi connectivity index (χ4n) is 2.78.